The van der Waals surface area contributed by atoms with Crippen LogP contribution in [-0.2, 0) is 16.0 Å². The number of halogens is 3. The molecule has 0 amide bonds. The zero-order valence-corrected chi connectivity index (χ0v) is 13.7. The van der Waals surface area contributed by atoms with Gasteiger partial charge in [-0.2, -0.15) is 13.2 Å². The van der Waals surface area contributed by atoms with Crippen molar-refractivity contribution in [1.82, 2.24) is 0 Å². The fourth-order valence-electron chi connectivity index (χ4n) is 2.75. The van der Waals surface area contributed by atoms with E-state index in [0.29, 0.717) is 23.5 Å². The summed E-state index contributed by atoms with van der Waals surface area (Å²) in [6.45, 7) is 0. The minimum atomic E-state index is -4.36. The second-order valence-electron chi connectivity index (χ2n) is 5.63. The Kier molecular flexibility index (Phi) is 4.87. The quantitative estimate of drug-likeness (QED) is 0.735. The lowest BCUT2D eigenvalue weighted by Gasteiger charge is -2.13. The minimum Gasteiger partial charge on any atom is -0.497 e. The van der Waals surface area contributed by atoms with Gasteiger partial charge in [0.1, 0.15) is 23.7 Å². The van der Waals surface area contributed by atoms with Crippen LogP contribution in [-0.4, -0.2) is 14.2 Å². The summed E-state index contributed by atoms with van der Waals surface area (Å²) in [5, 5.41) is 0. The van der Waals surface area contributed by atoms with E-state index in [1.54, 1.807) is 26.4 Å². The monoisotopic (exact) mass is 354 g/mol. The molecule has 0 bridgehead atoms. The fraction of sp³-hybridized carbons (Fsp3) is 0.333. The summed E-state index contributed by atoms with van der Waals surface area (Å²) in [5.74, 6) is 1.25. The smallest absolute Gasteiger partial charge is 0.416 e. The Hall–Kier alpha value is -2.25. The maximum absolute atomic E-state index is 12.6. The predicted octanol–water partition coefficient (Wildman–Crippen LogP) is 4.86. The van der Waals surface area contributed by atoms with Crippen LogP contribution in [0.1, 0.15) is 35.3 Å². The summed E-state index contributed by atoms with van der Waals surface area (Å²) in [7, 11) is 3.10. The first kappa shape index (κ1) is 17.6. The van der Waals surface area contributed by atoms with Crippen LogP contribution in [0.15, 0.2) is 42.5 Å². The highest BCUT2D eigenvalue weighted by atomic mass is 19.4. The number of hydrogen-bond acceptors (Lipinski definition) is 4. The van der Waals surface area contributed by atoms with E-state index in [0.717, 1.165) is 17.7 Å². The molecule has 2 aromatic carbocycles. The largest absolute Gasteiger partial charge is 0.497 e. The van der Waals surface area contributed by atoms with E-state index in [4.69, 9.17) is 19.2 Å². The first-order chi connectivity index (χ1) is 11.9. The Morgan fingerprint density at radius 1 is 0.920 bits per heavy atom. The summed E-state index contributed by atoms with van der Waals surface area (Å²) in [6.07, 6.45) is -4.72. The standard InChI is InChI=1S/C18H17F3O4/c1-22-13-7-8-14(16(9-13)23-2)17-10-15(24-25-17)11-3-5-12(6-4-11)18(19,20)21/h3-9,15,17H,10H2,1-2H3/t15-,17+/m0/s1. The van der Waals surface area contributed by atoms with Gasteiger partial charge < -0.3 is 9.47 Å². The van der Waals surface area contributed by atoms with Gasteiger partial charge in [0.15, 0.2) is 0 Å². The molecule has 7 heteroatoms. The van der Waals surface area contributed by atoms with Gasteiger partial charge >= 0.3 is 6.18 Å². The van der Waals surface area contributed by atoms with Crippen molar-refractivity contribution in [1.29, 1.82) is 0 Å². The molecule has 0 radical (unpaired) electrons. The molecule has 1 saturated heterocycles. The van der Waals surface area contributed by atoms with Crippen LogP contribution in [0.3, 0.4) is 0 Å². The van der Waals surface area contributed by atoms with Crippen molar-refractivity contribution in [2.75, 3.05) is 14.2 Å². The van der Waals surface area contributed by atoms with E-state index in [9.17, 15) is 13.2 Å². The van der Waals surface area contributed by atoms with Gasteiger partial charge in [-0.25, -0.2) is 9.78 Å². The van der Waals surface area contributed by atoms with E-state index in [2.05, 4.69) is 0 Å². The molecule has 134 valence electrons. The number of ether oxygens (including phenoxy) is 2. The van der Waals surface area contributed by atoms with Gasteiger partial charge in [0, 0.05) is 18.1 Å². The van der Waals surface area contributed by atoms with Crippen LogP contribution in [0.2, 0.25) is 0 Å². The number of benzene rings is 2. The second-order valence-corrected chi connectivity index (χ2v) is 5.63. The maximum Gasteiger partial charge on any atom is 0.416 e. The molecule has 2 atom stereocenters. The van der Waals surface area contributed by atoms with Gasteiger partial charge in [-0.05, 0) is 29.8 Å². The number of alkyl halides is 3. The molecule has 2 aromatic rings. The molecule has 0 aliphatic carbocycles. The van der Waals surface area contributed by atoms with Crippen LogP contribution in [0.4, 0.5) is 13.2 Å². The van der Waals surface area contributed by atoms with Crippen molar-refractivity contribution in [3.05, 3.63) is 59.2 Å². The first-order valence-corrected chi connectivity index (χ1v) is 7.63. The van der Waals surface area contributed by atoms with Crippen molar-refractivity contribution in [2.24, 2.45) is 0 Å². The second kappa shape index (κ2) is 6.93. The Balaban J connectivity index is 1.76. The first-order valence-electron chi connectivity index (χ1n) is 7.63. The summed E-state index contributed by atoms with van der Waals surface area (Å²) >= 11 is 0. The summed E-state index contributed by atoms with van der Waals surface area (Å²) in [6, 6.07) is 10.2. The van der Waals surface area contributed by atoms with Crippen LogP contribution >= 0.6 is 0 Å². The number of rotatable bonds is 4. The molecule has 0 N–H and O–H groups in total. The zero-order chi connectivity index (χ0) is 18.0. The van der Waals surface area contributed by atoms with Gasteiger partial charge in [0.2, 0.25) is 0 Å². The Bertz CT molecular complexity index is 728. The van der Waals surface area contributed by atoms with Crippen molar-refractivity contribution in [3.8, 4) is 11.5 Å². The van der Waals surface area contributed by atoms with Crippen LogP contribution in [0.5, 0.6) is 11.5 Å². The van der Waals surface area contributed by atoms with Crippen molar-refractivity contribution in [3.63, 3.8) is 0 Å². The lowest BCUT2D eigenvalue weighted by atomic mass is 9.98. The average molecular weight is 354 g/mol. The molecule has 4 nitrogen and oxygen atoms in total. The topological polar surface area (TPSA) is 36.9 Å². The highest BCUT2D eigenvalue weighted by Crippen LogP contribution is 2.43. The average Bonchev–Trinajstić information content (AvgIpc) is 3.10. The predicted molar refractivity (Wildman–Crippen MR) is 83.3 cm³/mol. The molecule has 1 aliphatic heterocycles. The van der Waals surface area contributed by atoms with Gasteiger partial charge in [0.25, 0.3) is 0 Å². The Morgan fingerprint density at radius 3 is 2.20 bits per heavy atom. The highest BCUT2D eigenvalue weighted by Gasteiger charge is 2.34. The van der Waals surface area contributed by atoms with Crippen LogP contribution < -0.4 is 9.47 Å². The SMILES string of the molecule is COc1ccc([C@H]2C[C@@H](c3ccc(C(F)(F)F)cc3)OO2)c(OC)c1. The van der Waals surface area contributed by atoms with E-state index < -0.39 is 17.8 Å². The molecule has 1 heterocycles. The normalized spacial score (nSPS) is 20.5. The molecule has 0 unspecified atom stereocenters. The van der Waals surface area contributed by atoms with E-state index in [-0.39, 0.29) is 6.10 Å². The Morgan fingerprint density at radius 2 is 1.60 bits per heavy atom. The molecule has 1 fully saturated rings. The molecule has 1 aliphatic rings. The van der Waals surface area contributed by atoms with E-state index in [1.165, 1.54) is 12.1 Å². The van der Waals surface area contributed by atoms with Crippen LogP contribution in [0.25, 0.3) is 0 Å². The van der Waals surface area contributed by atoms with Gasteiger partial charge in [-0.1, -0.05) is 12.1 Å². The molecule has 0 aromatic heterocycles. The van der Waals surface area contributed by atoms with E-state index in [1.807, 2.05) is 6.07 Å². The summed E-state index contributed by atoms with van der Waals surface area (Å²) in [5.41, 5.74) is 0.726. The van der Waals surface area contributed by atoms with Crippen molar-refractivity contribution >= 4 is 0 Å². The highest BCUT2D eigenvalue weighted by molar-refractivity contribution is 5.42. The molecule has 25 heavy (non-hydrogen) atoms. The number of hydrogen-bond donors (Lipinski definition) is 0. The minimum absolute atomic E-state index is 0.381. The zero-order valence-electron chi connectivity index (χ0n) is 13.7. The lowest BCUT2D eigenvalue weighted by Crippen LogP contribution is -2.05. The van der Waals surface area contributed by atoms with Gasteiger partial charge in [-0.3, -0.25) is 0 Å². The maximum atomic E-state index is 12.6. The lowest BCUT2D eigenvalue weighted by molar-refractivity contribution is -0.300. The van der Waals surface area contributed by atoms with Crippen molar-refractivity contribution in [2.45, 2.75) is 24.8 Å². The molecule has 0 spiro atoms. The van der Waals surface area contributed by atoms with E-state index >= 15 is 0 Å². The molecule has 0 saturated carbocycles. The molecule has 3 rings (SSSR count). The summed E-state index contributed by atoms with van der Waals surface area (Å²) in [4.78, 5) is 10.7. The van der Waals surface area contributed by atoms with Crippen LogP contribution in [0, 0.1) is 0 Å². The third kappa shape index (κ3) is 3.72. The fourth-order valence-corrected chi connectivity index (χ4v) is 2.75. The summed E-state index contributed by atoms with van der Waals surface area (Å²) < 4.78 is 48.4. The van der Waals surface area contributed by atoms with Gasteiger partial charge in [-0.15, -0.1) is 0 Å². The number of methoxy groups -OCH3 is 2. The van der Waals surface area contributed by atoms with Crippen molar-refractivity contribution < 1.29 is 32.4 Å². The third-order valence-electron chi connectivity index (χ3n) is 4.11. The van der Waals surface area contributed by atoms with Gasteiger partial charge in [0.05, 0.1) is 19.8 Å². The Labute approximate surface area is 143 Å². The molecular weight excluding hydrogens is 337 g/mol. The third-order valence-corrected chi connectivity index (χ3v) is 4.11. The molecular formula is C18H17F3O4.